The molecule has 4 unspecified atom stereocenters. The van der Waals surface area contributed by atoms with Gasteiger partial charge in [-0.15, -0.1) is 0 Å². The minimum absolute atomic E-state index is 0.0408. The summed E-state index contributed by atoms with van der Waals surface area (Å²) in [5.41, 5.74) is -2.16. The Bertz CT molecular complexity index is 1100. The fraction of sp³-hybridized carbons (Fsp3) is 0.778. The minimum atomic E-state index is -4.12. The van der Waals surface area contributed by atoms with E-state index in [0.717, 1.165) is 19.3 Å². The monoisotopic (exact) mass is 583 g/mol. The standard InChI is InChI=1S/C27H45N5O7S/c1-18(2)17-28-40(37,38)31-24(35)27-16-19(27)12-9-7-6-8-10-13-20(29-25(36)39-26(3,4)5)23(34)32-15-11-14-21(32)22(33)30-27/h9,12,18-21,28H,6-8,10-11,13-17H2,1-5H3,(H,29,36)(H,30,33)(H,31,35)/b12-9-. The first kappa shape index (κ1) is 31.9. The fourth-order valence-corrected chi connectivity index (χ4v) is 6.12. The first-order valence-corrected chi connectivity index (χ1v) is 15.7. The third-order valence-corrected chi connectivity index (χ3v) is 8.24. The second-order valence-electron chi connectivity index (χ2n) is 12.4. The second-order valence-corrected chi connectivity index (χ2v) is 13.9. The number of allylic oxidation sites excluding steroid dienone is 1. The predicted molar refractivity (Wildman–Crippen MR) is 149 cm³/mol. The molecule has 12 nitrogen and oxygen atoms in total. The number of fused-ring (bicyclic) bond motifs is 2. The van der Waals surface area contributed by atoms with E-state index in [1.165, 1.54) is 4.90 Å². The highest BCUT2D eigenvalue weighted by Crippen LogP contribution is 2.45. The summed E-state index contributed by atoms with van der Waals surface area (Å²) in [5, 5.41) is 5.50. The molecule has 4 N–H and O–H groups in total. The van der Waals surface area contributed by atoms with Crippen molar-refractivity contribution in [2.45, 2.75) is 109 Å². The van der Waals surface area contributed by atoms with Gasteiger partial charge in [0, 0.05) is 19.0 Å². The fourth-order valence-electron chi connectivity index (χ4n) is 5.07. The molecular weight excluding hydrogens is 538 g/mol. The summed E-state index contributed by atoms with van der Waals surface area (Å²) in [6.07, 6.45) is 7.82. The highest BCUT2D eigenvalue weighted by Gasteiger charge is 2.61. The zero-order chi connectivity index (χ0) is 29.7. The van der Waals surface area contributed by atoms with E-state index in [9.17, 15) is 27.6 Å². The van der Waals surface area contributed by atoms with Crippen molar-refractivity contribution in [1.29, 1.82) is 0 Å². The topological polar surface area (TPSA) is 163 Å². The molecule has 13 heteroatoms. The molecule has 2 heterocycles. The van der Waals surface area contributed by atoms with Gasteiger partial charge in [-0.1, -0.05) is 38.8 Å². The SMILES string of the molecule is CC(C)CNS(=O)(=O)NC(=O)C12CC1/C=C\CCCCCC(NC(=O)OC(C)(C)C)C(=O)N1CCCC1C(=O)N2. The van der Waals surface area contributed by atoms with E-state index in [1.807, 2.05) is 26.0 Å². The van der Waals surface area contributed by atoms with E-state index >= 15 is 0 Å². The van der Waals surface area contributed by atoms with Crippen LogP contribution in [0.4, 0.5) is 4.79 Å². The molecule has 226 valence electrons. The lowest BCUT2D eigenvalue weighted by atomic mass is 10.0. The Labute approximate surface area is 237 Å². The molecule has 1 saturated carbocycles. The number of carbonyl (C=O) groups excluding carboxylic acids is 4. The van der Waals surface area contributed by atoms with Crippen molar-refractivity contribution in [1.82, 2.24) is 25.0 Å². The molecule has 40 heavy (non-hydrogen) atoms. The van der Waals surface area contributed by atoms with Crippen LogP contribution < -0.4 is 20.1 Å². The van der Waals surface area contributed by atoms with Gasteiger partial charge in [-0.3, -0.25) is 14.4 Å². The molecule has 4 atom stereocenters. The Morgan fingerprint density at radius 1 is 1.15 bits per heavy atom. The Balaban J connectivity index is 1.81. The molecule has 0 bridgehead atoms. The Morgan fingerprint density at radius 3 is 2.55 bits per heavy atom. The van der Waals surface area contributed by atoms with Gasteiger partial charge in [0.1, 0.15) is 23.2 Å². The van der Waals surface area contributed by atoms with Gasteiger partial charge in [-0.25, -0.2) is 9.52 Å². The maximum Gasteiger partial charge on any atom is 0.408 e. The smallest absolute Gasteiger partial charge is 0.408 e. The van der Waals surface area contributed by atoms with Crippen molar-refractivity contribution in [3.05, 3.63) is 12.2 Å². The van der Waals surface area contributed by atoms with E-state index in [1.54, 1.807) is 20.8 Å². The Morgan fingerprint density at radius 2 is 1.88 bits per heavy atom. The zero-order valence-electron chi connectivity index (χ0n) is 24.2. The van der Waals surface area contributed by atoms with Crippen LogP contribution in [0.15, 0.2) is 12.2 Å². The molecule has 0 spiro atoms. The summed E-state index contributed by atoms with van der Waals surface area (Å²) in [6, 6.07) is -1.70. The molecule has 3 rings (SSSR count). The average molecular weight is 584 g/mol. The van der Waals surface area contributed by atoms with Crippen molar-refractivity contribution < 1.29 is 32.3 Å². The maximum atomic E-state index is 13.6. The van der Waals surface area contributed by atoms with Crippen molar-refractivity contribution in [3.63, 3.8) is 0 Å². The van der Waals surface area contributed by atoms with Crippen molar-refractivity contribution in [2.24, 2.45) is 11.8 Å². The number of alkyl carbamates (subject to hydrolysis) is 1. The maximum absolute atomic E-state index is 13.6. The van der Waals surface area contributed by atoms with Crippen LogP contribution >= 0.6 is 0 Å². The molecule has 4 amide bonds. The van der Waals surface area contributed by atoms with Crippen LogP contribution in [-0.4, -0.2) is 73.4 Å². The van der Waals surface area contributed by atoms with E-state index in [0.29, 0.717) is 32.2 Å². The van der Waals surface area contributed by atoms with Crippen LogP contribution in [-0.2, 0) is 29.3 Å². The molecule has 0 aromatic rings. The molecular formula is C27H45N5O7S. The van der Waals surface area contributed by atoms with Gasteiger partial charge in [0.15, 0.2) is 0 Å². The summed E-state index contributed by atoms with van der Waals surface area (Å²) in [5.74, 6) is -2.03. The summed E-state index contributed by atoms with van der Waals surface area (Å²) in [6.45, 7) is 9.38. The van der Waals surface area contributed by atoms with Crippen molar-refractivity contribution in [2.75, 3.05) is 13.1 Å². The van der Waals surface area contributed by atoms with Gasteiger partial charge in [0.2, 0.25) is 11.8 Å². The van der Waals surface area contributed by atoms with Crippen LogP contribution in [0.3, 0.4) is 0 Å². The zero-order valence-corrected chi connectivity index (χ0v) is 25.1. The number of carbonyl (C=O) groups is 4. The Kier molecular flexibility index (Phi) is 10.3. The lowest BCUT2D eigenvalue weighted by Crippen LogP contribution is -2.59. The van der Waals surface area contributed by atoms with Crippen molar-refractivity contribution in [3.8, 4) is 0 Å². The van der Waals surface area contributed by atoms with Crippen LogP contribution in [0, 0.1) is 11.8 Å². The number of amides is 4. The number of hydrogen-bond acceptors (Lipinski definition) is 7. The van der Waals surface area contributed by atoms with E-state index in [2.05, 4.69) is 20.1 Å². The van der Waals surface area contributed by atoms with Gasteiger partial charge >= 0.3 is 16.3 Å². The van der Waals surface area contributed by atoms with Gasteiger partial charge in [0.05, 0.1) is 0 Å². The number of nitrogens with zero attached hydrogens (tertiary/aromatic N) is 1. The van der Waals surface area contributed by atoms with Crippen LogP contribution in [0.5, 0.6) is 0 Å². The lowest BCUT2D eigenvalue weighted by molar-refractivity contribution is -0.141. The third-order valence-electron chi connectivity index (χ3n) is 7.23. The normalized spacial score (nSPS) is 28.9. The minimum Gasteiger partial charge on any atom is -0.444 e. The number of hydrogen-bond donors (Lipinski definition) is 4. The van der Waals surface area contributed by atoms with Crippen LogP contribution in [0.2, 0.25) is 0 Å². The molecule has 1 aliphatic carbocycles. The Hall–Kier alpha value is -2.67. The molecule has 2 aliphatic heterocycles. The first-order chi connectivity index (χ1) is 18.6. The predicted octanol–water partition coefficient (Wildman–Crippen LogP) is 1.87. The number of nitrogens with one attached hydrogen (secondary N) is 4. The number of ether oxygens (including phenoxy) is 1. The van der Waals surface area contributed by atoms with Gasteiger partial charge < -0.3 is 20.3 Å². The highest BCUT2D eigenvalue weighted by atomic mass is 32.2. The summed E-state index contributed by atoms with van der Waals surface area (Å²) >= 11 is 0. The third kappa shape index (κ3) is 8.66. The van der Waals surface area contributed by atoms with E-state index in [4.69, 9.17) is 4.74 Å². The highest BCUT2D eigenvalue weighted by molar-refractivity contribution is 7.88. The molecule has 2 fully saturated rings. The van der Waals surface area contributed by atoms with E-state index in [-0.39, 0.29) is 30.7 Å². The van der Waals surface area contributed by atoms with Crippen LogP contribution in [0.1, 0.15) is 86.0 Å². The summed E-state index contributed by atoms with van der Waals surface area (Å²) < 4.78 is 34.8. The molecule has 0 aromatic heterocycles. The average Bonchev–Trinajstić information content (AvgIpc) is 3.29. The van der Waals surface area contributed by atoms with Gasteiger partial charge in [-0.05, 0) is 65.2 Å². The summed E-state index contributed by atoms with van der Waals surface area (Å²) in [7, 11) is -4.12. The molecule has 0 aromatic carbocycles. The first-order valence-electron chi connectivity index (χ1n) is 14.2. The van der Waals surface area contributed by atoms with Gasteiger partial charge in [-0.2, -0.15) is 13.1 Å². The summed E-state index contributed by atoms with van der Waals surface area (Å²) in [4.78, 5) is 54.4. The number of rotatable bonds is 6. The molecule has 1 saturated heterocycles. The van der Waals surface area contributed by atoms with Gasteiger partial charge in [0.25, 0.3) is 5.91 Å². The van der Waals surface area contributed by atoms with Crippen LogP contribution in [0.25, 0.3) is 0 Å². The molecule has 3 aliphatic rings. The van der Waals surface area contributed by atoms with Crippen molar-refractivity contribution >= 4 is 34.0 Å². The largest absolute Gasteiger partial charge is 0.444 e. The van der Waals surface area contributed by atoms with E-state index < -0.39 is 51.3 Å². The molecule has 0 radical (unpaired) electrons. The lowest BCUT2D eigenvalue weighted by Gasteiger charge is -2.30. The quantitative estimate of drug-likeness (QED) is 0.347. The second kappa shape index (κ2) is 12.9.